The quantitative estimate of drug-likeness (QED) is 0.472. The molecule has 0 aliphatic rings. The average molecular weight is 495 g/mol. The molecule has 9 heteroatoms. The van der Waals surface area contributed by atoms with E-state index in [0.717, 1.165) is 0 Å². The van der Waals surface area contributed by atoms with Gasteiger partial charge in [-0.05, 0) is 74.9 Å². The maximum absolute atomic E-state index is 13.7. The van der Waals surface area contributed by atoms with Gasteiger partial charge in [0.2, 0.25) is 17.7 Å². The molecule has 2 aromatic carbocycles. The summed E-state index contributed by atoms with van der Waals surface area (Å²) in [5, 5.41) is 5.47. The van der Waals surface area contributed by atoms with Crippen molar-refractivity contribution in [2.75, 3.05) is 10.2 Å². The van der Waals surface area contributed by atoms with E-state index >= 15 is 0 Å². The maximum Gasteiger partial charge on any atom is 0.248 e. The van der Waals surface area contributed by atoms with Crippen molar-refractivity contribution in [3.63, 3.8) is 0 Å². The van der Waals surface area contributed by atoms with Crippen LogP contribution in [0.25, 0.3) is 0 Å². The number of carbonyl (C=O) groups is 3. The normalized spacial score (nSPS) is 11.9. The second-order valence-corrected chi connectivity index (χ2v) is 9.20. The Morgan fingerprint density at radius 1 is 0.889 bits per heavy atom. The third kappa shape index (κ3) is 7.43. The average Bonchev–Trinajstić information content (AvgIpc) is 2.82. The molecule has 7 nitrogen and oxygen atoms in total. The lowest BCUT2D eigenvalue weighted by atomic mass is 10.00. The van der Waals surface area contributed by atoms with Crippen molar-refractivity contribution in [2.24, 2.45) is 0 Å². The first-order chi connectivity index (χ1) is 17.0. The van der Waals surface area contributed by atoms with Gasteiger partial charge in [-0.3, -0.25) is 19.3 Å². The molecule has 0 saturated carbocycles. The van der Waals surface area contributed by atoms with Gasteiger partial charge < -0.3 is 10.6 Å². The standard InChI is InChI=1S/C27H28F2N4O3/c1-27(2,3)32-26(36)25(18-7-9-19(28)10-8-18)33(21-13-11-20(29)12-14-21)24(35)16-15-23(34)31-22-6-4-5-17-30-22/h4-14,17,25H,15-16H2,1-3H3,(H,32,36)(H,30,31,34)/t25-/m1/s1. The first-order valence-electron chi connectivity index (χ1n) is 11.4. The molecule has 1 aromatic heterocycles. The van der Waals surface area contributed by atoms with Crippen molar-refractivity contribution >= 4 is 29.2 Å². The summed E-state index contributed by atoms with van der Waals surface area (Å²) in [7, 11) is 0. The Morgan fingerprint density at radius 3 is 2.06 bits per heavy atom. The fourth-order valence-electron chi connectivity index (χ4n) is 3.52. The highest BCUT2D eigenvalue weighted by Crippen LogP contribution is 2.30. The molecule has 0 fully saturated rings. The zero-order chi connectivity index (χ0) is 26.3. The third-order valence-electron chi connectivity index (χ3n) is 5.06. The Balaban J connectivity index is 1.94. The number of benzene rings is 2. The van der Waals surface area contributed by atoms with Gasteiger partial charge in [0, 0.05) is 30.3 Å². The number of halogens is 2. The van der Waals surface area contributed by atoms with Gasteiger partial charge in [-0.2, -0.15) is 0 Å². The molecule has 3 rings (SSSR count). The first kappa shape index (κ1) is 26.5. The van der Waals surface area contributed by atoms with Gasteiger partial charge in [-0.25, -0.2) is 13.8 Å². The topological polar surface area (TPSA) is 91.4 Å². The lowest BCUT2D eigenvalue weighted by molar-refractivity contribution is -0.128. The van der Waals surface area contributed by atoms with Crippen molar-refractivity contribution < 1.29 is 23.2 Å². The molecule has 36 heavy (non-hydrogen) atoms. The van der Waals surface area contributed by atoms with Gasteiger partial charge in [-0.15, -0.1) is 0 Å². The van der Waals surface area contributed by atoms with Gasteiger partial charge in [0.1, 0.15) is 23.5 Å². The second kappa shape index (κ2) is 11.5. The summed E-state index contributed by atoms with van der Waals surface area (Å²) in [5.74, 6) is -2.16. The molecule has 0 spiro atoms. The van der Waals surface area contributed by atoms with Crippen LogP contribution in [-0.2, 0) is 14.4 Å². The number of rotatable bonds is 8. The Bertz CT molecular complexity index is 1190. The molecule has 1 atom stereocenters. The van der Waals surface area contributed by atoms with Crippen LogP contribution in [0.4, 0.5) is 20.3 Å². The minimum atomic E-state index is -1.19. The number of carbonyl (C=O) groups excluding carboxylic acids is 3. The van der Waals surface area contributed by atoms with Crippen molar-refractivity contribution in [2.45, 2.75) is 45.2 Å². The maximum atomic E-state index is 13.7. The predicted molar refractivity (Wildman–Crippen MR) is 133 cm³/mol. The van der Waals surface area contributed by atoms with Crippen LogP contribution in [0, 0.1) is 11.6 Å². The summed E-state index contributed by atoms with van der Waals surface area (Å²) >= 11 is 0. The molecule has 1 heterocycles. The van der Waals surface area contributed by atoms with Crippen molar-refractivity contribution in [3.05, 3.63) is 90.1 Å². The van der Waals surface area contributed by atoms with Gasteiger partial charge in [0.15, 0.2) is 0 Å². The lowest BCUT2D eigenvalue weighted by Gasteiger charge is -2.34. The smallest absolute Gasteiger partial charge is 0.248 e. The van der Waals surface area contributed by atoms with E-state index in [1.165, 1.54) is 59.6 Å². The van der Waals surface area contributed by atoms with E-state index in [1.54, 1.807) is 39.0 Å². The summed E-state index contributed by atoms with van der Waals surface area (Å²) in [6.07, 6.45) is 1.11. The molecule has 2 N–H and O–H groups in total. The van der Waals surface area contributed by atoms with Crippen LogP contribution in [0.1, 0.15) is 45.2 Å². The highest BCUT2D eigenvalue weighted by Gasteiger charge is 2.34. The number of nitrogens with one attached hydrogen (secondary N) is 2. The molecule has 3 amide bonds. The fourth-order valence-corrected chi connectivity index (χ4v) is 3.52. The molecule has 0 aliphatic heterocycles. The van der Waals surface area contributed by atoms with E-state index in [9.17, 15) is 23.2 Å². The van der Waals surface area contributed by atoms with E-state index in [1.807, 2.05) is 0 Å². The van der Waals surface area contributed by atoms with Gasteiger partial charge in [-0.1, -0.05) is 18.2 Å². The third-order valence-corrected chi connectivity index (χ3v) is 5.06. The molecule has 0 aliphatic carbocycles. The van der Waals surface area contributed by atoms with Crippen LogP contribution >= 0.6 is 0 Å². The Morgan fingerprint density at radius 2 is 1.50 bits per heavy atom. The zero-order valence-electron chi connectivity index (χ0n) is 20.3. The lowest BCUT2D eigenvalue weighted by Crippen LogP contribution is -2.49. The molecule has 3 aromatic rings. The van der Waals surface area contributed by atoms with Gasteiger partial charge >= 0.3 is 0 Å². The van der Waals surface area contributed by atoms with Gasteiger partial charge in [0.05, 0.1) is 0 Å². The summed E-state index contributed by atoms with van der Waals surface area (Å²) in [5.41, 5.74) is -0.0196. The Hall–Kier alpha value is -4.14. The number of pyridine rings is 1. The number of amides is 3. The van der Waals surface area contributed by atoms with E-state index in [-0.39, 0.29) is 18.5 Å². The number of nitrogens with zero attached hydrogens (tertiary/aromatic N) is 2. The van der Waals surface area contributed by atoms with Crippen LogP contribution in [-0.4, -0.2) is 28.2 Å². The molecular formula is C27H28F2N4O3. The predicted octanol–water partition coefficient (Wildman–Crippen LogP) is 4.77. The number of anilines is 2. The highest BCUT2D eigenvalue weighted by molar-refractivity contribution is 6.03. The Kier molecular flexibility index (Phi) is 8.47. The minimum absolute atomic E-state index is 0.176. The van der Waals surface area contributed by atoms with Crippen LogP contribution in [0.3, 0.4) is 0 Å². The van der Waals surface area contributed by atoms with E-state index in [0.29, 0.717) is 11.4 Å². The van der Waals surface area contributed by atoms with Gasteiger partial charge in [0.25, 0.3) is 0 Å². The van der Waals surface area contributed by atoms with E-state index in [4.69, 9.17) is 0 Å². The van der Waals surface area contributed by atoms with Crippen LogP contribution in [0.5, 0.6) is 0 Å². The SMILES string of the molecule is CC(C)(C)NC(=O)[C@@H](c1ccc(F)cc1)N(C(=O)CCC(=O)Nc1ccccn1)c1ccc(F)cc1. The molecule has 0 bridgehead atoms. The fraction of sp³-hybridized carbons (Fsp3) is 0.259. The van der Waals surface area contributed by atoms with Crippen LogP contribution < -0.4 is 15.5 Å². The number of hydrogen-bond acceptors (Lipinski definition) is 4. The van der Waals surface area contributed by atoms with Crippen molar-refractivity contribution in [1.29, 1.82) is 0 Å². The van der Waals surface area contributed by atoms with E-state index < -0.39 is 40.9 Å². The molecular weight excluding hydrogens is 466 g/mol. The monoisotopic (exact) mass is 494 g/mol. The molecule has 188 valence electrons. The number of hydrogen-bond donors (Lipinski definition) is 2. The summed E-state index contributed by atoms with van der Waals surface area (Å²) in [6, 6.07) is 14.2. The first-order valence-corrected chi connectivity index (χ1v) is 11.4. The summed E-state index contributed by atoms with van der Waals surface area (Å²) < 4.78 is 27.3. The van der Waals surface area contributed by atoms with E-state index in [2.05, 4.69) is 15.6 Å². The second-order valence-electron chi connectivity index (χ2n) is 9.20. The summed E-state index contributed by atoms with van der Waals surface area (Å²) in [4.78, 5) is 44.6. The molecule has 0 radical (unpaired) electrons. The highest BCUT2D eigenvalue weighted by atomic mass is 19.1. The van der Waals surface area contributed by atoms with Crippen LogP contribution in [0.15, 0.2) is 72.9 Å². The van der Waals surface area contributed by atoms with Crippen LogP contribution in [0.2, 0.25) is 0 Å². The van der Waals surface area contributed by atoms with Crippen molar-refractivity contribution in [1.82, 2.24) is 10.3 Å². The zero-order valence-corrected chi connectivity index (χ0v) is 20.3. The largest absolute Gasteiger partial charge is 0.349 e. The molecule has 0 unspecified atom stereocenters. The number of aromatic nitrogens is 1. The van der Waals surface area contributed by atoms with Crippen molar-refractivity contribution in [3.8, 4) is 0 Å². The molecule has 0 saturated heterocycles. The minimum Gasteiger partial charge on any atom is -0.349 e. The summed E-state index contributed by atoms with van der Waals surface area (Å²) in [6.45, 7) is 5.37. The Labute approximate surface area is 208 Å².